The lowest BCUT2D eigenvalue weighted by molar-refractivity contribution is -0.386. The summed E-state index contributed by atoms with van der Waals surface area (Å²) in [5, 5.41) is 25.2. The van der Waals surface area contributed by atoms with E-state index in [1.807, 2.05) is 0 Å². The number of hydrogen-bond donors (Lipinski definition) is 1. The predicted molar refractivity (Wildman–Crippen MR) is 76.3 cm³/mol. The summed E-state index contributed by atoms with van der Waals surface area (Å²) < 4.78 is 19.8. The van der Waals surface area contributed by atoms with Crippen molar-refractivity contribution in [2.24, 2.45) is 0 Å². The monoisotopic (exact) mass is 309 g/mol. The van der Waals surface area contributed by atoms with Gasteiger partial charge in [0.25, 0.3) is 0 Å². The Morgan fingerprint density at radius 2 is 2.18 bits per heavy atom. The van der Waals surface area contributed by atoms with Gasteiger partial charge in [0.1, 0.15) is 11.4 Å². The first-order valence-electron chi connectivity index (χ1n) is 6.55. The Labute approximate surface area is 126 Å². The smallest absolute Gasteiger partial charge is 0.312 e. The number of nitro groups is 1. The van der Waals surface area contributed by atoms with Crippen molar-refractivity contribution in [3.63, 3.8) is 0 Å². The number of aromatic nitrogens is 2. The van der Waals surface area contributed by atoms with Crippen LogP contribution in [0, 0.1) is 29.8 Å². The van der Waals surface area contributed by atoms with Gasteiger partial charge < -0.3 is 9.84 Å². The molecule has 118 valence electrons. The SMILES string of the molecule is COc1ccc(C(O)Cn2nc(C)c([N+](=O)[O-])c2C)cc1F. The van der Waals surface area contributed by atoms with Gasteiger partial charge in [-0.15, -0.1) is 0 Å². The van der Waals surface area contributed by atoms with Gasteiger partial charge in [0, 0.05) is 0 Å². The fraction of sp³-hybridized carbons (Fsp3) is 0.357. The van der Waals surface area contributed by atoms with Gasteiger partial charge in [0.15, 0.2) is 11.6 Å². The molecule has 1 unspecified atom stereocenters. The van der Waals surface area contributed by atoms with Crippen molar-refractivity contribution in [3.05, 3.63) is 51.1 Å². The molecule has 1 heterocycles. The fourth-order valence-corrected chi connectivity index (χ4v) is 2.29. The molecule has 0 aliphatic rings. The summed E-state index contributed by atoms with van der Waals surface area (Å²) in [6, 6.07) is 4.12. The van der Waals surface area contributed by atoms with Crippen molar-refractivity contribution in [3.8, 4) is 5.75 Å². The molecule has 22 heavy (non-hydrogen) atoms. The first kappa shape index (κ1) is 15.9. The highest BCUT2D eigenvalue weighted by Gasteiger charge is 2.23. The molecular weight excluding hydrogens is 293 g/mol. The summed E-state index contributed by atoms with van der Waals surface area (Å²) >= 11 is 0. The van der Waals surface area contributed by atoms with Crippen LogP contribution in [-0.4, -0.2) is 26.9 Å². The molecule has 0 radical (unpaired) electrons. The third-order valence-electron chi connectivity index (χ3n) is 3.43. The van der Waals surface area contributed by atoms with Crippen LogP contribution in [0.4, 0.5) is 10.1 Å². The quantitative estimate of drug-likeness (QED) is 0.676. The molecule has 0 amide bonds. The van der Waals surface area contributed by atoms with Gasteiger partial charge in [0.05, 0.1) is 24.7 Å². The second-order valence-electron chi connectivity index (χ2n) is 4.87. The highest BCUT2D eigenvalue weighted by molar-refractivity contribution is 5.39. The second kappa shape index (κ2) is 6.10. The van der Waals surface area contributed by atoms with Crippen LogP contribution in [0.5, 0.6) is 5.75 Å². The van der Waals surface area contributed by atoms with E-state index in [9.17, 15) is 19.6 Å². The Morgan fingerprint density at radius 3 is 2.68 bits per heavy atom. The zero-order valence-electron chi connectivity index (χ0n) is 12.4. The lowest BCUT2D eigenvalue weighted by Crippen LogP contribution is -2.12. The highest BCUT2D eigenvalue weighted by Crippen LogP contribution is 2.26. The van der Waals surface area contributed by atoms with E-state index in [0.29, 0.717) is 11.3 Å². The van der Waals surface area contributed by atoms with Crippen LogP contribution < -0.4 is 4.74 Å². The molecule has 0 spiro atoms. The first-order valence-corrected chi connectivity index (χ1v) is 6.55. The van der Waals surface area contributed by atoms with Crippen LogP contribution in [0.2, 0.25) is 0 Å². The van der Waals surface area contributed by atoms with E-state index in [1.54, 1.807) is 6.92 Å². The van der Waals surface area contributed by atoms with Gasteiger partial charge in [-0.25, -0.2) is 4.39 Å². The predicted octanol–water partition coefficient (Wildman–Crippen LogP) is 2.29. The molecule has 1 atom stereocenters. The standard InChI is InChI=1S/C14H16FN3O4/c1-8-14(18(20)21)9(2)17(16-8)7-12(19)10-4-5-13(22-3)11(15)6-10/h4-6,12,19H,7H2,1-3H3. The van der Waals surface area contributed by atoms with Crippen LogP contribution in [0.25, 0.3) is 0 Å². The Bertz CT molecular complexity index is 714. The topological polar surface area (TPSA) is 90.4 Å². The number of methoxy groups -OCH3 is 1. The Hall–Kier alpha value is -2.48. The summed E-state index contributed by atoms with van der Waals surface area (Å²) in [5.74, 6) is -0.504. The van der Waals surface area contributed by atoms with Crippen molar-refractivity contribution in [2.45, 2.75) is 26.5 Å². The molecule has 0 saturated carbocycles. The van der Waals surface area contributed by atoms with E-state index < -0.39 is 16.8 Å². The average Bonchev–Trinajstić information content (AvgIpc) is 2.73. The summed E-state index contributed by atoms with van der Waals surface area (Å²) in [5.41, 5.74) is 0.882. The van der Waals surface area contributed by atoms with E-state index in [0.717, 1.165) is 0 Å². The van der Waals surface area contributed by atoms with E-state index in [-0.39, 0.29) is 23.7 Å². The Morgan fingerprint density at radius 1 is 1.50 bits per heavy atom. The van der Waals surface area contributed by atoms with E-state index in [1.165, 1.54) is 36.9 Å². The molecule has 1 aromatic heterocycles. The summed E-state index contributed by atoms with van der Waals surface area (Å²) in [7, 11) is 1.35. The van der Waals surface area contributed by atoms with Crippen LogP contribution in [0.15, 0.2) is 18.2 Å². The number of aliphatic hydroxyl groups is 1. The molecular formula is C14H16FN3O4. The third kappa shape index (κ3) is 2.91. The van der Waals surface area contributed by atoms with E-state index >= 15 is 0 Å². The van der Waals surface area contributed by atoms with Gasteiger partial charge in [0.2, 0.25) is 0 Å². The molecule has 1 N–H and O–H groups in total. The average molecular weight is 309 g/mol. The number of benzene rings is 1. The lowest BCUT2D eigenvalue weighted by atomic mass is 10.1. The van der Waals surface area contributed by atoms with Crippen molar-refractivity contribution >= 4 is 5.69 Å². The highest BCUT2D eigenvalue weighted by atomic mass is 19.1. The van der Waals surface area contributed by atoms with Gasteiger partial charge in [-0.3, -0.25) is 14.8 Å². The van der Waals surface area contributed by atoms with Crippen molar-refractivity contribution in [2.75, 3.05) is 7.11 Å². The van der Waals surface area contributed by atoms with Crippen molar-refractivity contribution in [1.29, 1.82) is 0 Å². The van der Waals surface area contributed by atoms with Crippen LogP contribution >= 0.6 is 0 Å². The first-order chi connectivity index (χ1) is 10.3. The van der Waals surface area contributed by atoms with Crippen LogP contribution in [0.3, 0.4) is 0 Å². The molecule has 0 bridgehead atoms. The van der Waals surface area contributed by atoms with Crippen molar-refractivity contribution < 1.29 is 19.2 Å². The molecule has 8 heteroatoms. The number of rotatable bonds is 5. The molecule has 0 aliphatic heterocycles. The number of aryl methyl sites for hydroxylation is 1. The van der Waals surface area contributed by atoms with Gasteiger partial charge in [-0.1, -0.05) is 6.07 Å². The number of aliphatic hydroxyl groups excluding tert-OH is 1. The van der Waals surface area contributed by atoms with Crippen LogP contribution in [-0.2, 0) is 6.54 Å². The molecule has 2 aromatic rings. The number of ether oxygens (including phenoxy) is 1. The van der Waals surface area contributed by atoms with Gasteiger partial charge >= 0.3 is 5.69 Å². The zero-order valence-corrected chi connectivity index (χ0v) is 12.4. The molecule has 1 aromatic carbocycles. The third-order valence-corrected chi connectivity index (χ3v) is 3.43. The summed E-state index contributed by atoms with van der Waals surface area (Å²) in [6.07, 6.45) is -1.04. The van der Waals surface area contributed by atoms with E-state index in [2.05, 4.69) is 5.10 Å². The molecule has 0 fully saturated rings. The maximum Gasteiger partial charge on any atom is 0.312 e. The fourth-order valence-electron chi connectivity index (χ4n) is 2.29. The van der Waals surface area contributed by atoms with Gasteiger partial charge in [-0.2, -0.15) is 5.10 Å². The minimum atomic E-state index is -1.04. The maximum atomic E-state index is 13.7. The number of hydrogen-bond acceptors (Lipinski definition) is 5. The normalized spacial score (nSPS) is 12.2. The summed E-state index contributed by atoms with van der Waals surface area (Å²) in [4.78, 5) is 10.4. The molecule has 7 nitrogen and oxygen atoms in total. The molecule has 2 rings (SSSR count). The van der Waals surface area contributed by atoms with Gasteiger partial charge in [-0.05, 0) is 31.5 Å². The largest absolute Gasteiger partial charge is 0.494 e. The van der Waals surface area contributed by atoms with E-state index in [4.69, 9.17) is 4.74 Å². The number of halogens is 1. The van der Waals surface area contributed by atoms with Crippen molar-refractivity contribution in [1.82, 2.24) is 9.78 Å². The Kier molecular flexibility index (Phi) is 4.41. The second-order valence-corrected chi connectivity index (χ2v) is 4.87. The minimum absolute atomic E-state index is 0.00766. The minimum Gasteiger partial charge on any atom is -0.494 e. The van der Waals surface area contributed by atoms with Crippen LogP contribution in [0.1, 0.15) is 23.1 Å². The zero-order chi connectivity index (χ0) is 16.4. The lowest BCUT2D eigenvalue weighted by Gasteiger charge is -2.13. The maximum absolute atomic E-state index is 13.7. The Balaban J connectivity index is 2.26. The number of nitrogens with zero attached hydrogens (tertiary/aromatic N) is 3. The molecule has 0 saturated heterocycles. The summed E-state index contributed by atoms with van der Waals surface area (Å²) in [6.45, 7) is 3.08. The molecule has 0 aliphatic carbocycles.